The summed E-state index contributed by atoms with van der Waals surface area (Å²) in [6.45, 7) is 7.12. The van der Waals surface area contributed by atoms with Gasteiger partial charge in [0.2, 0.25) is 0 Å². The van der Waals surface area contributed by atoms with E-state index >= 15 is 0 Å². The van der Waals surface area contributed by atoms with Crippen molar-refractivity contribution in [2.24, 2.45) is 11.8 Å². The number of hydrogen-bond acceptors (Lipinski definition) is 1. The number of nitrogens with zero attached hydrogens (tertiary/aromatic N) is 1. The van der Waals surface area contributed by atoms with Gasteiger partial charge in [0.25, 0.3) is 0 Å². The number of piperidine rings is 2. The van der Waals surface area contributed by atoms with E-state index in [9.17, 15) is 0 Å². The summed E-state index contributed by atoms with van der Waals surface area (Å²) in [6, 6.07) is 1.94. The molecule has 3 aliphatic carbocycles. The molecule has 3 heterocycles. The van der Waals surface area contributed by atoms with Gasteiger partial charge in [-0.05, 0) is 51.9 Å². The van der Waals surface area contributed by atoms with Gasteiger partial charge in [-0.15, -0.1) is 0 Å². The van der Waals surface area contributed by atoms with Crippen LogP contribution in [0.2, 0.25) is 0 Å². The van der Waals surface area contributed by atoms with E-state index in [-0.39, 0.29) is 0 Å². The highest BCUT2D eigenvalue weighted by atomic mass is 15.3. The molecular formula is C11H19N. The molecule has 1 heteroatoms. The third-order valence-corrected chi connectivity index (χ3v) is 4.27. The number of hydrogen-bond donors (Lipinski definition) is 0. The van der Waals surface area contributed by atoms with Gasteiger partial charge in [-0.2, -0.15) is 0 Å². The lowest BCUT2D eigenvalue weighted by Crippen LogP contribution is -2.75. The fraction of sp³-hybridized carbons (Fsp3) is 1.00. The minimum Gasteiger partial charge on any atom is -0.292 e. The summed E-state index contributed by atoms with van der Waals surface area (Å²) >= 11 is 0. The molecule has 0 radical (unpaired) electrons. The van der Waals surface area contributed by atoms with E-state index in [2.05, 4.69) is 25.7 Å². The minimum absolute atomic E-state index is 0.435. The van der Waals surface area contributed by atoms with Crippen molar-refractivity contribution in [1.82, 2.24) is 4.90 Å². The zero-order valence-electron chi connectivity index (χ0n) is 8.38. The van der Waals surface area contributed by atoms with Crippen LogP contribution in [-0.4, -0.2) is 22.5 Å². The first-order valence-electron chi connectivity index (χ1n) is 5.36. The minimum atomic E-state index is 0.435. The van der Waals surface area contributed by atoms with Gasteiger partial charge in [-0.1, -0.05) is 0 Å². The van der Waals surface area contributed by atoms with Crippen LogP contribution in [0.1, 0.15) is 40.0 Å². The first kappa shape index (κ1) is 7.37. The van der Waals surface area contributed by atoms with Crippen molar-refractivity contribution in [3.63, 3.8) is 0 Å². The van der Waals surface area contributed by atoms with Crippen LogP contribution < -0.4 is 0 Å². The second-order valence-corrected chi connectivity index (χ2v) is 5.94. The van der Waals surface area contributed by atoms with E-state index < -0.39 is 0 Å². The maximum atomic E-state index is 2.79. The lowest BCUT2D eigenvalue weighted by atomic mass is 9.53. The van der Waals surface area contributed by atoms with Crippen LogP contribution in [0.15, 0.2) is 0 Å². The van der Waals surface area contributed by atoms with Crippen LogP contribution in [0.25, 0.3) is 0 Å². The Hall–Kier alpha value is -0.0400. The Balaban J connectivity index is 1.85. The van der Waals surface area contributed by atoms with Gasteiger partial charge in [0.05, 0.1) is 0 Å². The zero-order valence-corrected chi connectivity index (χ0v) is 8.38. The van der Waals surface area contributed by atoms with E-state index in [1.807, 2.05) is 0 Å². The summed E-state index contributed by atoms with van der Waals surface area (Å²) < 4.78 is 0. The fourth-order valence-electron chi connectivity index (χ4n) is 3.75. The van der Waals surface area contributed by atoms with Crippen molar-refractivity contribution in [2.45, 2.75) is 57.7 Å². The smallest absolute Gasteiger partial charge is 0.0147 e. The molecule has 0 aromatic carbocycles. The van der Waals surface area contributed by atoms with Gasteiger partial charge in [0.1, 0.15) is 0 Å². The molecule has 3 saturated heterocycles. The van der Waals surface area contributed by atoms with Gasteiger partial charge < -0.3 is 0 Å². The monoisotopic (exact) mass is 165 g/mol. The van der Waals surface area contributed by atoms with Crippen LogP contribution in [0, 0.1) is 11.8 Å². The first-order valence-corrected chi connectivity index (χ1v) is 5.36. The van der Waals surface area contributed by atoms with Crippen molar-refractivity contribution >= 4 is 0 Å². The van der Waals surface area contributed by atoms with Crippen LogP contribution >= 0.6 is 0 Å². The molecule has 3 aliphatic heterocycles. The average molecular weight is 165 g/mol. The van der Waals surface area contributed by atoms with E-state index in [0.717, 1.165) is 23.9 Å². The lowest BCUT2D eigenvalue weighted by Gasteiger charge is -2.70. The molecule has 6 aliphatic rings. The highest BCUT2D eigenvalue weighted by Crippen LogP contribution is 2.58. The molecule has 68 valence electrons. The average Bonchev–Trinajstić information content (AvgIpc) is 1.79. The van der Waals surface area contributed by atoms with Crippen molar-refractivity contribution in [3.8, 4) is 0 Å². The molecule has 0 spiro atoms. The standard InChI is InChI=1S/C11H19N/c1-11(2,3)12-9-6-10(12)8-4-7(9)5-8/h7-10H,4-6H2,1-3H3. The highest BCUT2D eigenvalue weighted by Gasteiger charge is 2.60. The van der Waals surface area contributed by atoms with Gasteiger partial charge in [0.15, 0.2) is 0 Å². The van der Waals surface area contributed by atoms with Gasteiger partial charge in [-0.25, -0.2) is 0 Å². The molecule has 0 aromatic rings. The molecule has 1 nitrogen and oxygen atoms in total. The van der Waals surface area contributed by atoms with Gasteiger partial charge in [-0.3, -0.25) is 4.90 Å². The summed E-state index contributed by atoms with van der Waals surface area (Å²) in [5.41, 5.74) is 0.435. The molecule has 6 rings (SSSR count). The normalized spacial score (nSPS) is 51.2. The Kier molecular flexibility index (Phi) is 1.16. The molecule has 3 saturated carbocycles. The molecule has 0 amide bonds. The lowest BCUT2D eigenvalue weighted by molar-refractivity contribution is -0.203. The second kappa shape index (κ2) is 1.89. The van der Waals surface area contributed by atoms with Crippen molar-refractivity contribution in [3.05, 3.63) is 0 Å². The largest absolute Gasteiger partial charge is 0.292 e. The molecule has 2 unspecified atom stereocenters. The fourth-order valence-corrected chi connectivity index (χ4v) is 3.75. The maximum absolute atomic E-state index is 2.79. The predicted molar refractivity (Wildman–Crippen MR) is 50.0 cm³/mol. The van der Waals surface area contributed by atoms with Crippen molar-refractivity contribution < 1.29 is 0 Å². The van der Waals surface area contributed by atoms with Crippen LogP contribution in [0.4, 0.5) is 0 Å². The topological polar surface area (TPSA) is 3.24 Å². The summed E-state index contributed by atoms with van der Waals surface area (Å²) in [5.74, 6) is 2.17. The molecule has 12 heavy (non-hydrogen) atoms. The van der Waals surface area contributed by atoms with Crippen LogP contribution in [0.5, 0.6) is 0 Å². The Morgan fingerprint density at radius 2 is 1.42 bits per heavy atom. The molecule has 4 bridgehead atoms. The Bertz CT molecular complexity index is 196. The third kappa shape index (κ3) is 0.693. The summed E-state index contributed by atoms with van der Waals surface area (Å²) in [7, 11) is 0. The summed E-state index contributed by atoms with van der Waals surface area (Å²) in [4.78, 5) is 2.79. The van der Waals surface area contributed by atoms with E-state index in [1.54, 1.807) is 12.8 Å². The summed E-state index contributed by atoms with van der Waals surface area (Å²) in [6.07, 6.45) is 4.64. The van der Waals surface area contributed by atoms with Crippen molar-refractivity contribution in [2.75, 3.05) is 0 Å². The van der Waals surface area contributed by atoms with E-state index in [4.69, 9.17) is 0 Å². The predicted octanol–water partition coefficient (Wildman–Crippen LogP) is 2.27. The quantitative estimate of drug-likeness (QED) is 0.532. The maximum Gasteiger partial charge on any atom is 0.0147 e. The van der Waals surface area contributed by atoms with Gasteiger partial charge >= 0.3 is 0 Å². The van der Waals surface area contributed by atoms with Crippen LogP contribution in [0.3, 0.4) is 0 Å². The molecule has 6 fully saturated rings. The van der Waals surface area contributed by atoms with Crippen LogP contribution in [-0.2, 0) is 0 Å². The second-order valence-electron chi connectivity index (χ2n) is 5.94. The Morgan fingerprint density at radius 3 is 1.67 bits per heavy atom. The zero-order chi connectivity index (χ0) is 8.51. The molecule has 0 N–H and O–H groups in total. The highest BCUT2D eigenvalue weighted by molar-refractivity contribution is 5.14. The van der Waals surface area contributed by atoms with E-state index in [0.29, 0.717) is 5.54 Å². The van der Waals surface area contributed by atoms with E-state index in [1.165, 1.54) is 6.42 Å². The third-order valence-electron chi connectivity index (χ3n) is 4.27. The Morgan fingerprint density at radius 1 is 0.917 bits per heavy atom. The SMILES string of the molecule is CC(C)(C)N1C2CC1C1CC2C1. The molecule has 2 atom stereocenters. The Labute approximate surface area is 75.1 Å². The number of rotatable bonds is 0. The molecular weight excluding hydrogens is 146 g/mol. The van der Waals surface area contributed by atoms with Gasteiger partial charge in [0, 0.05) is 17.6 Å². The molecule has 0 aromatic heterocycles. The van der Waals surface area contributed by atoms with Crippen molar-refractivity contribution in [1.29, 1.82) is 0 Å². The first-order chi connectivity index (χ1) is 5.57. The summed E-state index contributed by atoms with van der Waals surface area (Å²) in [5, 5.41) is 0.